The van der Waals surface area contributed by atoms with Gasteiger partial charge in [-0.2, -0.15) is 0 Å². The van der Waals surface area contributed by atoms with Crippen LogP contribution in [0.15, 0.2) is 12.1 Å². The molecule has 0 saturated heterocycles. The van der Waals surface area contributed by atoms with Crippen LogP contribution in [-0.2, 0) is 11.3 Å². The van der Waals surface area contributed by atoms with Crippen molar-refractivity contribution >= 4 is 11.0 Å². The molecule has 0 aliphatic rings. The molecule has 0 radical (unpaired) electrons. The van der Waals surface area contributed by atoms with Gasteiger partial charge in [-0.25, -0.2) is 4.98 Å². The minimum absolute atomic E-state index is 0.128. The zero-order valence-electron chi connectivity index (χ0n) is 12.3. The molecule has 6 heteroatoms. The third kappa shape index (κ3) is 2.44. The number of hydrogen-bond donors (Lipinski definition) is 1. The molecular weight excluding hydrogens is 258 g/mol. The first kappa shape index (κ1) is 14.6. The van der Waals surface area contributed by atoms with Crippen molar-refractivity contribution in [3.8, 4) is 11.5 Å². The Morgan fingerprint density at radius 1 is 1.20 bits per heavy atom. The van der Waals surface area contributed by atoms with E-state index < -0.39 is 0 Å². The number of methoxy groups -OCH3 is 3. The first-order valence-corrected chi connectivity index (χ1v) is 6.48. The maximum atomic E-state index is 5.80. The minimum Gasteiger partial charge on any atom is -0.493 e. The van der Waals surface area contributed by atoms with Gasteiger partial charge in [0.25, 0.3) is 0 Å². The van der Waals surface area contributed by atoms with Gasteiger partial charge in [0.2, 0.25) is 0 Å². The lowest BCUT2D eigenvalue weighted by molar-refractivity contribution is 0.173. The predicted octanol–water partition coefficient (Wildman–Crippen LogP) is 1.72. The number of benzene rings is 1. The molecule has 20 heavy (non-hydrogen) atoms. The van der Waals surface area contributed by atoms with Crippen molar-refractivity contribution in [3.05, 3.63) is 18.0 Å². The minimum atomic E-state index is 0.128. The number of hydrogen-bond acceptors (Lipinski definition) is 5. The van der Waals surface area contributed by atoms with Crippen LogP contribution in [-0.4, -0.2) is 37.4 Å². The Hall–Kier alpha value is -1.79. The van der Waals surface area contributed by atoms with Crippen molar-refractivity contribution in [1.82, 2.24) is 9.55 Å². The summed E-state index contributed by atoms with van der Waals surface area (Å²) >= 11 is 0. The number of nitrogens with two attached hydrogens (primary N) is 1. The van der Waals surface area contributed by atoms with E-state index in [1.54, 1.807) is 21.3 Å². The zero-order valence-corrected chi connectivity index (χ0v) is 12.3. The van der Waals surface area contributed by atoms with E-state index in [2.05, 4.69) is 16.5 Å². The van der Waals surface area contributed by atoms with Gasteiger partial charge in [0, 0.05) is 31.8 Å². The van der Waals surface area contributed by atoms with E-state index in [0.717, 1.165) is 16.9 Å². The van der Waals surface area contributed by atoms with Crippen LogP contribution < -0.4 is 15.2 Å². The highest BCUT2D eigenvalue weighted by Gasteiger charge is 2.17. The molecule has 0 saturated carbocycles. The van der Waals surface area contributed by atoms with Gasteiger partial charge in [-0.05, 0) is 6.92 Å². The SMILES string of the molecule is COCc1nc2cc(OC)c(OC)cc2n1C(C)CN. The molecule has 0 amide bonds. The molecule has 0 spiro atoms. The first-order chi connectivity index (χ1) is 9.65. The summed E-state index contributed by atoms with van der Waals surface area (Å²) in [4.78, 5) is 4.60. The molecule has 0 aliphatic carbocycles. The number of aromatic nitrogens is 2. The summed E-state index contributed by atoms with van der Waals surface area (Å²) in [7, 11) is 4.88. The Morgan fingerprint density at radius 3 is 2.40 bits per heavy atom. The van der Waals surface area contributed by atoms with Gasteiger partial charge in [0.1, 0.15) is 12.4 Å². The fraction of sp³-hybridized carbons (Fsp3) is 0.500. The summed E-state index contributed by atoms with van der Waals surface area (Å²) in [6, 6.07) is 3.92. The van der Waals surface area contributed by atoms with Gasteiger partial charge in [0.15, 0.2) is 11.5 Å². The second-order valence-corrected chi connectivity index (χ2v) is 4.61. The van der Waals surface area contributed by atoms with Gasteiger partial charge >= 0.3 is 0 Å². The molecule has 2 rings (SSSR count). The van der Waals surface area contributed by atoms with E-state index in [9.17, 15) is 0 Å². The van der Waals surface area contributed by atoms with Crippen molar-refractivity contribution in [2.45, 2.75) is 19.6 Å². The highest BCUT2D eigenvalue weighted by molar-refractivity contribution is 5.81. The van der Waals surface area contributed by atoms with E-state index in [1.165, 1.54) is 0 Å². The molecule has 1 aromatic heterocycles. The average Bonchev–Trinajstić information content (AvgIpc) is 2.82. The van der Waals surface area contributed by atoms with Crippen molar-refractivity contribution in [1.29, 1.82) is 0 Å². The largest absolute Gasteiger partial charge is 0.493 e. The summed E-state index contributed by atoms with van der Waals surface area (Å²) in [5.41, 5.74) is 7.61. The summed E-state index contributed by atoms with van der Waals surface area (Å²) in [6.07, 6.45) is 0. The smallest absolute Gasteiger partial charge is 0.163 e. The number of nitrogens with zero attached hydrogens (tertiary/aromatic N) is 2. The van der Waals surface area contributed by atoms with Gasteiger partial charge in [0.05, 0.1) is 25.3 Å². The first-order valence-electron chi connectivity index (χ1n) is 6.48. The molecule has 1 unspecified atom stereocenters. The van der Waals surface area contributed by atoms with E-state index in [4.69, 9.17) is 19.9 Å². The van der Waals surface area contributed by atoms with Crippen LogP contribution in [0.5, 0.6) is 11.5 Å². The summed E-state index contributed by atoms with van der Waals surface area (Å²) in [6.45, 7) is 3.01. The lowest BCUT2D eigenvalue weighted by Gasteiger charge is -2.16. The number of imidazole rings is 1. The lowest BCUT2D eigenvalue weighted by Crippen LogP contribution is -2.18. The standard InChI is InChI=1S/C14H21N3O3/c1-9(7-15)17-11-6-13(20-4)12(19-3)5-10(11)16-14(17)8-18-2/h5-6,9H,7-8,15H2,1-4H3. The highest BCUT2D eigenvalue weighted by Crippen LogP contribution is 2.33. The molecule has 1 heterocycles. The van der Waals surface area contributed by atoms with Crippen molar-refractivity contribution in [2.75, 3.05) is 27.9 Å². The number of fused-ring (bicyclic) bond motifs is 1. The monoisotopic (exact) mass is 279 g/mol. The highest BCUT2D eigenvalue weighted by atomic mass is 16.5. The fourth-order valence-electron chi connectivity index (χ4n) is 2.30. The molecule has 0 aliphatic heterocycles. The Balaban J connectivity index is 2.68. The van der Waals surface area contributed by atoms with Crippen LogP contribution in [0.2, 0.25) is 0 Å². The number of ether oxygens (including phenoxy) is 3. The molecule has 2 N–H and O–H groups in total. The normalized spacial score (nSPS) is 12.7. The Bertz CT molecular complexity index is 595. The van der Waals surface area contributed by atoms with Crippen molar-refractivity contribution in [2.24, 2.45) is 5.73 Å². The Kier molecular flexibility index (Phi) is 4.46. The van der Waals surface area contributed by atoms with Crippen LogP contribution in [0, 0.1) is 0 Å². The topological polar surface area (TPSA) is 71.5 Å². The quantitative estimate of drug-likeness (QED) is 0.871. The Morgan fingerprint density at radius 2 is 1.85 bits per heavy atom. The third-order valence-corrected chi connectivity index (χ3v) is 3.32. The number of rotatable bonds is 6. The fourth-order valence-corrected chi connectivity index (χ4v) is 2.30. The van der Waals surface area contributed by atoms with Gasteiger partial charge < -0.3 is 24.5 Å². The summed E-state index contributed by atoms with van der Waals surface area (Å²) in [5.74, 6) is 2.18. The molecule has 6 nitrogen and oxygen atoms in total. The molecule has 0 fully saturated rings. The summed E-state index contributed by atoms with van der Waals surface area (Å²) in [5, 5.41) is 0. The van der Waals surface area contributed by atoms with Crippen molar-refractivity contribution < 1.29 is 14.2 Å². The van der Waals surface area contributed by atoms with Gasteiger partial charge in [-0.3, -0.25) is 0 Å². The van der Waals surface area contributed by atoms with Crippen molar-refractivity contribution in [3.63, 3.8) is 0 Å². The van der Waals surface area contributed by atoms with Crippen LogP contribution in [0.4, 0.5) is 0 Å². The lowest BCUT2D eigenvalue weighted by atomic mass is 10.2. The van der Waals surface area contributed by atoms with E-state index in [1.807, 2.05) is 12.1 Å². The second kappa shape index (κ2) is 6.11. The third-order valence-electron chi connectivity index (χ3n) is 3.32. The molecule has 1 atom stereocenters. The van der Waals surface area contributed by atoms with Gasteiger partial charge in [-0.15, -0.1) is 0 Å². The van der Waals surface area contributed by atoms with Crippen LogP contribution in [0.3, 0.4) is 0 Å². The predicted molar refractivity (Wildman–Crippen MR) is 77.3 cm³/mol. The summed E-state index contributed by atoms with van der Waals surface area (Å²) < 4.78 is 18.0. The molecule has 110 valence electrons. The molecule has 2 aromatic rings. The van der Waals surface area contributed by atoms with Crippen LogP contribution in [0.25, 0.3) is 11.0 Å². The van der Waals surface area contributed by atoms with E-state index >= 15 is 0 Å². The van der Waals surface area contributed by atoms with Crippen LogP contribution in [0.1, 0.15) is 18.8 Å². The maximum Gasteiger partial charge on any atom is 0.163 e. The second-order valence-electron chi connectivity index (χ2n) is 4.61. The van der Waals surface area contributed by atoms with Gasteiger partial charge in [-0.1, -0.05) is 0 Å². The molecule has 1 aromatic carbocycles. The molecule has 0 bridgehead atoms. The van der Waals surface area contributed by atoms with Crippen LogP contribution >= 0.6 is 0 Å². The maximum absolute atomic E-state index is 5.80. The molecular formula is C14H21N3O3. The van der Waals surface area contributed by atoms with E-state index in [0.29, 0.717) is 24.7 Å². The average molecular weight is 279 g/mol. The van der Waals surface area contributed by atoms with E-state index in [-0.39, 0.29) is 6.04 Å². The zero-order chi connectivity index (χ0) is 14.7. The Labute approximate surface area is 118 Å².